The molecule has 0 aliphatic carbocycles. The van der Waals surface area contributed by atoms with Crippen LogP contribution in [0.5, 0.6) is 0 Å². The minimum atomic E-state index is 0.308. The van der Waals surface area contributed by atoms with Gasteiger partial charge in [0.15, 0.2) is 0 Å². The summed E-state index contributed by atoms with van der Waals surface area (Å²) in [4.78, 5) is 8.03. The smallest absolute Gasteiger partial charge is 0.221 e. The summed E-state index contributed by atoms with van der Waals surface area (Å²) in [5, 5.41) is 2.26. The van der Waals surface area contributed by atoms with E-state index in [1.807, 2.05) is 6.07 Å². The van der Waals surface area contributed by atoms with Crippen molar-refractivity contribution in [2.45, 2.75) is 45.2 Å². The summed E-state index contributed by atoms with van der Waals surface area (Å²) >= 11 is 0. The van der Waals surface area contributed by atoms with E-state index in [2.05, 4.69) is 34.3 Å². The van der Waals surface area contributed by atoms with Gasteiger partial charge in [-0.2, -0.15) is 4.98 Å². The molecule has 1 aromatic heterocycles. The van der Waals surface area contributed by atoms with Gasteiger partial charge in [-0.15, -0.1) is 0 Å². The summed E-state index contributed by atoms with van der Waals surface area (Å²) in [7, 11) is 0. The summed E-state index contributed by atoms with van der Waals surface area (Å²) in [6, 6.07) is 2.89. The molecule has 2 rings (SSSR count). The van der Waals surface area contributed by atoms with Gasteiger partial charge < -0.3 is 11.2 Å². The quantitative estimate of drug-likeness (QED) is 0.794. The van der Waals surface area contributed by atoms with Crippen molar-refractivity contribution < 1.29 is 0 Å². The molecule has 88 valence electrons. The Bertz CT molecular complexity index is 344. The number of nitrogens with two attached hydrogens (primary N) is 1. The molecule has 5 nitrogen and oxygen atoms in total. The van der Waals surface area contributed by atoms with Gasteiger partial charge in [0.2, 0.25) is 5.95 Å². The second kappa shape index (κ2) is 4.65. The van der Waals surface area contributed by atoms with E-state index in [-0.39, 0.29) is 0 Å². The molecule has 3 N–H and O–H groups in total. The molecule has 0 radical (unpaired) electrons. The maximum Gasteiger partial charge on any atom is 0.221 e. The monoisotopic (exact) mass is 221 g/mol. The van der Waals surface area contributed by atoms with E-state index < -0.39 is 0 Å². The Hall–Kier alpha value is -1.36. The maximum absolute atomic E-state index is 5.55. The first-order chi connectivity index (χ1) is 7.66. The number of aromatic nitrogens is 2. The molecular formula is C11H19N5. The number of hydrogen-bond acceptors (Lipinski definition) is 5. The fourth-order valence-electron chi connectivity index (χ4n) is 2.21. The fraction of sp³-hybridized carbons (Fsp3) is 0.636. The SMILES string of the molecule is CC1CCCC(C)N1Nc1ccnc(N)n1. The van der Waals surface area contributed by atoms with Gasteiger partial charge >= 0.3 is 0 Å². The number of hydrazine groups is 1. The fourth-order valence-corrected chi connectivity index (χ4v) is 2.21. The van der Waals surface area contributed by atoms with Crippen LogP contribution in [0, 0.1) is 0 Å². The van der Waals surface area contributed by atoms with Crippen LogP contribution in [0.3, 0.4) is 0 Å². The third kappa shape index (κ3) is 2.41. The van der Waals surface area contributed by atoms with Crippen LogP contribution < -0.4 is 11.2 Å². The molecule has 0 bridgehead atoms. The van der Waals surface area contributed by atoms with Gasteiger partial charge in [0, 0.05) is 24.3 Å². The number of nitrogens with zero attached hydrogens (tertiary/aromatic N) is 3. The van der Waals surface area contributed by atoms with Gasteiger partial charge in [-0.1, -0.05) is 6.42 Å². The van der Waals surface area contributed by atoms with Crippen molar-refractivity contribution in [2.24, 2.45) is 0 Å². The van der Waals surface area contributed by atoms with Crippen molar-refractivity contribution in [1.82, 2.24) is 15.0 Å². The minimum absolute atomic E-state index is 0.308. The van der Waals surface area contributed by atoms with Crippen molar-refractivity contribution >= 4 is 11.8 Å². The van der Waals surface area contributed by atoms with Gasteiger partial charge in [-0.05, 0) is 26.7 Å². The Morgan fingerprint density at radius 2 is 2.06 bits per heavy atom. The normalized spacial score (nSPS) is 26.6. The van der Waals surface area contributed by atoms with Crippen LogP contribution in [0.2, 0.25) is 0 Å². The zero-order valence-corrected chi connectivity index (χ0v) is 9.85. The van der Waals surface area contributed by atoms with Crippen molar-refractivity contribution in [1.29, 1.82) is 0 Å². The summed E-state index contributed by atoms with van der Waals surface area (Å²) in [6.45, 7) is 4.46. The molecule has 2 unspecified atom stereocenters. The first kappa shape index (κ1) is 11.1. The highest BCUT2D eigenvalue weighted by Crippen LogP contribution is 2.22. The lowest BCUT2D eigenvalue weighted by atomic mass is 10.00. The van der Waals surface area contributed by atoms with Crippen molar-refractivity contribution in [3.8, 4) is 0 Å². The topological polar surface area (TPSA) is 67.1 Å². The van der Waals surface area contributed by atoms with E-state index in [9.17, 15) is 0 Å². The van der Waals surface area contributed by atoms with Crippen LogP contribution >= 0.6 is 0 Å². The molecule has 1 aromatic rings. The number of piperidine rings is 1. The first-order valence-electron chi connectivity index (χ1n) is 5.80. The number of nitrogen functional groups attached to an aromatic ring is 1. The van der Waals surface area contributed by atoms with Gasteiger partial charge in [0.1, 0.15) is 5.82 Å². The number of hydrogen-bond donors (Lipinski definition) is 2. The Morgan fingerprint density at radius 1 is 1.38 bits per heavy atom. The van der Waals surface area contributed by atoms with E-state index in [1.165, 1.54) is 19.3 Å². The Morgan fingerprint density at radius 3 is 2.69 bits per heavy atom. The Labute approximate surface area is 96.0 Å². The highest BCUT2D eigenvalue weighted by molar-refractivity contribution is 5.36. The average molecular weight is 221 g/mol. The van der Waals surface area contributed by atoms with E-state index in [4.69, 9.17) is 5.73 Å². The summed E-state index contributed by atoms with van der Waals surface area (Å²) in [5.41, 5.74) is 8.88. The van der Waals surface area contributed by atoms with Gasteiger partial charge in [-0.3, -0.25) is 0 Å². The van der Waals surface area contributed by atoms with Crippen LogP contribution in [-0.4, -0.2) is 27.1 Å². The molecule has 1 fully saturated rings. The second-order valence-electron chi connectivity index (χ2n) is 4.45. The first-order valence-corrected chi connectivity index (χ1v) is 5.80. The van der Waals surface area contributed by atoms with E-state index in [0.717, 1.165) is 5.82 Å². The highest BCUT2D eigenvalue weighted by Gasteiger charge is 2.24. The molecule has 2 heterocycles. The lowest BCUT2D eigenvalue weighted by molar-refractivity contribution is 0.135. The van der Waals surface area contributed by atoms with Crippen molar-refractivity contribution in [3.63, 3.8) is 0 Å². The van der Waals surface area contributed by atoms with Crippen LogP contribution in [0.1, 0.15) is 33.1 Å². The van der Waals surface area contributed by atoms with Gasteiger partial charge in [0.25, 0.3) is 0 Å². The molecule has 0 aromatic carbocycles. The van der Waals surface area contributed by atoms with Gasteiger partial charge in [0.05, 0.1) is 0 Å². The van der Waals surface area contributed by atoms with Crippen LogP contribution in [-0.2, 0) is 0 Å². The Kier molecular flexibility index (Phi) is 3.24. The maximum atomic E-state index is 5.55. The standard InChI is InChI=1S/C11H19N5/c1-8-4-3-5-9(2)16(8)15-10-6-7-13-11(12)14-10/h6-9H,3-5H2,1-2H3,(H3,12,13,14,15). The van der Waals surface area contributed by atoms with Gasteiger partial charge in [-0.25, -0.2) is 9.99 Å². The van der Waals surface area contributed by atoms with E-state index in [1.54, 1.807) is 6.20 Å². The molecule has 1 aliphatic rings. The predicted molar refractivity (Wildman–Crippen MR) is 64.7 cm³/mol. The van der Waals surface area contributed by atoms with Crippen LogP contribution in [0.4, 0.5) is 11.8 Å². The molecule has 0 spiro atoms. The van der Waals surface area contributed by atoms with Crippen molar-refractivity contribution in [3.05, 3.63) is 12.3 Å². The highest BCUT2D eigenvalue weighted by atomic mass is 15.5. The summed E-state index contributed by atoms with van der Waals surface area (Å²) < 4.78 is 0. The number of anilines is 2. The van der Waals surface area contributed by atoms with E-state index in [0.29, 0.717) is 18.0 Å². The molecule has 1 saturated heterocycles. The third-order valence-corrected chi connectivity index (χ3v) is 3.11. The average Bonchev–Trinajstić information content (AvgIpc) is 2.24. The molecule has 0 amide bonds. The van der Waals surface area contributed by atoms with E-state index >= 15 is 0 Å². The minimum Gasteiger partial charge on any atom is -0.368 e. The van der Waals surface area contributed by atoms with Crippen LogP contribution in [0.25, 0.3) is 0 Å². The lowest BCUT2D eigenvalue weighted by Crippen LogP contribution is -2.47. The summed E-state index contributed by atoms with van der Waals surface area (Å²) in [5.74, 6) is 1.08. The molecule has 2 atom stereocenters. The number of nitrogens with one attached hydrogen (secondary N) is 1. The summed E-state index contributed by atoms with van der Waals surface area (Å²) in [6.07, 6.45) is 5.41. The molecule has 1 aliphatic heterocycles. The predicted octanol–water partition coefficient (Wildman–Crippen LogP) is 1.65. The lowest BCUT2D eigenvalue weighted by Gasteiger charge is -2.39. The molecule has 16 heavy (non-hydrogen) atoms. The third-order valence-electron chi connectivity index (χ3n) is 3.11. The molecular weight excluding hydrogens is 202 g/mol. The largest absolute Gasteiger partial charge is 0.368 e. The number of rotatable bonds is 2. The van der Waals surface area contributed by atoms with Crippen molar-refractivity contribution in [2.75, 3.05) is 11.2 Å². The van der Waals surface area contributed by atoms with Crippen LogP contribution in [0.15, 0.2) is 12.3 Å². The molecule has 5 heteroatoms. The Balaban J connectivity index is 2.07. The molecule has 0 saturated carbocycles. The zero-order valence-electron chi connectivity index (χ0n) is 9.85. The zero-order chi connectivity index (χ0) is 11.5. The second-order valence-corrected chi connectivity index (χ2v) is 4.45.